The molecule has 1 heterocycles. The lowest BCUT2D eigenvalue weighted by Gasteiger charge is -2.34. The van der Waals surface area contributed by atoms with Gasteiger partial charge in [-0.15, -0.1) is 0 Å². The molecule has 0 aliphatic heterocycles. The molecule has 11 aromatic carbocycles. The Morgan fingerprint density at radius 3 is 1.59 bits per heavy atom. The molecule has 82 heavy (non-hydrogen) atoms. The van der Waals surface area contributed by atoms with Gasteiger partial charge in [-0.3, -0.25) is 0 Å². The molecule has 12 aromatic rings. The third-order valence-electron chi connectivity index (χ3n) is 17.1. The number of ether oxygens (including phenoxy) is 1. The van der Waals surface area contributed by atoms with Crippen LogP contribution in [0.1, 0.15) is 71.0 Å². The van der Waals surface area contributed by atoms with E-state index in [4.69, 9.17) is 4.74 Å². The van der Waals surface area contributed by atoms with E-state index >= 15 is 0 Å². The molecule has 0 bridgehead atoms. The van der Waals surface area contributed by atoms with Crippen LogP contribution in [0.5, 0.6) is 5.75 Å². The fourth-order valence-electron chi connectivity index (χ4n) is 12.9. The molecule has 398 valence electrons. The molecule has 0 N–H and O–H groups in total. The summed E-state index contributed by atoms with van der Waals surface area (Å²) in [6.07, 6.45) is 9.08. The Kier molecular flexibility index (Phi) is 14.2. The minimum atomic E-state index is -0.326. The zero-order valence-electron chi connectivity index (χ0n) is 46.9. The average Bonchev–Trinajstić information content (AvgIpc) is 2.11. The second kappa shape index (κ2) is 22.4. The summed E-state index contributed by atoms with van der Waals surface area (Å²) in [5, 5.41) is 2.45. The number of fused-ring (bicyclic) bond motifs is 6. The number of aryl methyl sites for hydroxylation is 2. The highest BCUT2D eigenvalue weighted by molar-refractivity contribution is 6.11. The van der Waals surface area contributed by atoms with Gasteiger partial charge in [-0.2, -0.15) is 0 Å². The Labute approximate surface area is 483 Å². The Bertz CT molecular complexity index is 4270. The highest BCUT2D eigenvalue weighted by atomic mass is 16.5. The van der Waals surface area contributed by atoms with Crippen molar-refractivity contribution in [2.45, 2.75) is 51.4 Å². The van der Waals surface area contributed by atoms with Crippen LogP contribution in [0.2, 0.25) is 0 Å². The van der Waals surface area contributed by atoms with Gasteiger partial charge >= 0.3 is 0 Å². The monoisotopic (exact) mass is 1060 g/mol. The van der Waals surface area contributed by atoms with E-state index in [0.29, 0.717) is 6.61 Å². The number of aromatic nitrogens is 1. The van der Waals surface area contributed by atoms with Crippen molar-refractivity contribution in [3.05, 3.63) is 307 Å². The molecule has 3 heteroatoms. The van der Waals surface area contributed by atoms with Gasteiger partial charge < -0.3 is 14.2 Å². The molecule has 1 atom stereocenters. The fourth-order valence-corrected chi connectivity index (χ4v) is 12.9. The first-order valence-corrected chi connectivity index (χ1v) is 29.0. The Morgan fingerprint density at radius 1 is 0.415 bits per heavy atom. The van der Waals surface area contributed by atoms with Crippen LogP contribution in [0, 0.1) is 13.8 Å². The standard InChI is InChI=1S/C79H66N2O/c1-5-57-30-34-59(35-31-57)62-40-46-76-72(52-62)73-53-63(41-47-77(73)81(76)66-26-16-11-17-27-66)60-38-42-67(43-39-60)80(65-24-14-10-15-25-65)68-44-45-70-69-28-18-19-29-74(69)79(75(70)54-68,64-22-12-9-13-23-64)48-20-7-8-21-49-82-78-51-55(3)71(50-56(78)4)61-36-32-58(6-2)33-37-61/h5-6,9-19,22-47,50-54H,1-2,7-8,20-21,48-49H2,3-4H3. The summed E-state index contributed by atoms with van der Waals surface area (Å²) >= 11 is 0. The largest absolute Gasteiger partial charge is 0.493 e. The molecule has 0 fully saturated rings. The fraction of sp³-hybridized carbons (Fsp3) is 0.114. The maximum absolute atomic E-state index is 6.49. The highest BCUT2D eigenvalue weighted by Gasteiger charge is 2.44. The molecule has 0 radical (unpaired) electrons. The van der Waals surface area contributed by atoms with Crippen molar-refractivity contribution in [2.24, 2.45) is 0 Å². The number of rotatable bonds is 18. The van der Waals surface area contributed by atoms with Gasteiger partial charge in [0.25, 0.3) is 0 Å². The average molecular weight is 1060 g/mol. The SMILES string of the molecule is C=Cc1ccc(-c2ccc3c(c2)c2cc(-c4ccc(N(c5ccccc5)c5ccc6c(c5)C(CCCCCCOc5cc(C)c(-c7ccc(C=C)cc7)cc5C)(c5ccccc5)c5ccccc5-6)cc4)ccc2n3-c2ccccc2)cc1. The van der Waals surface area contributed by atoms with E-state index in [1.54, 1.807) is 0 Å². The van der Waals surface area contributed by atoms with Gasteiger partial charge in [0, 0.05) is 38.9 Å². The summed E-state index contributed by atoms with van der Waals surface area (Å²) in [5.41, 5.74) is 25.1. The Balaban J connectivity index is 0.798. The van der Waals surface area contributed by atoms with Crippen molar-refractivity contribution in [1.82, 2.24) is 4.57 Å². The predicted octanol–water partition coefficient (Wildman–Crippen LogP) is 21.5. The molecule has 1 aromatic heterocycles. The van der Waals surface area contributed by atoms with Crippen LogP contribution in [-0.4, -0.2) is 11.2 Å². The summed E-state index contributed by atoms with van der Waals surface area (Å²) in [4.78, 5) is 2.43. The molecule has 0 spiro atoms. The van der Waals surface area contributed by atoms with Crippen LogP contribution in [0.4, 0.5) is 17.1 Å². The Hall–Kier alpha value is -9.70. The maximum Gasteiger partial charge on any atom is 0.122 e. The first kappa shape index (κ1) is 51.7. The Morgan fingerprint density at radius 2 is 0.939 bits per heavy atom. The number of anilines is 3. The molecule has 1 aliphatic carbocycles. The van der Waals surface area contributed by atoms with E-state index in [-0.39, 0.29) is 5.41 Å². The number of hydrogen-bond donors (Lipinski definition) is 0. The number of para-hydroxylation sites is 2. The van der Waals surface area contributed by atoms with Crippen molar-refractivity contribution >= 4 is 51.0 Å². The van der Waals surface area contributed by atoms with Crippen LogP contribution in [0.25, 0.3) is 84.2 Å². The van der Waals surface area contributed by atoms with Crippen molar-refractivity contribution in [3.8, 4) is 55.9 Å². The molecule has 1 aliphatic rings. The third-order valence-corrected chi connectivity index (χ3v) is 17.1. The van der Waals surface area contributed by atoms with Gasteiger partial charge in [0.15, 0.2) is 0 Å². The molecule has 1 unspecified atom stereocenters. The first-order valence-electron chi connectivity index (χ1n) is 29.0. The summed E-state index contributed by atoms with van der Waals surface area (Å²) in [6.45, 7) is 12.9. The van der Waals surface area contributed by atoms with Gasteiger partial charge in [-0.05, 0) is 195 Å². The van der Waals surface area contributed by atoms with E-state index in [0.717, 1.165) is 71.7 Å². The lowest BCUT2D eigenvalue weighted by molar-refractivity contribution is 0.301. The zero-order chi connectivity index (χ0) is 55.6. The van der Waals surface area contributed by atoms with Gasteiger partial charge in [0.2, 0.25) is 0 Å². The lowest BCUT2D eigenvalue weighted by Crippen LogP contribution is -2.27. The second-order valence-corrected chi connectivity index (χ2v) is 22.0. The van der Waals surface area contributed by atoms with Crippen molar-refractivity contribution in [1.29, 1.82) is 0 Å². The van der Waals surface area contributed by atoms with Crippen LogP contribution >= 0.6 is 0 Å². The summed E-state index contributed by atoms with van der Waals surface area (Å²) in [7, 11) is 0. The topological polar surface area (TPSA) is 17.4 Å². The molecule has 0 amide bonds. The molecule has 3 nitrogen and oxygen atoms in total. The number of unbranched alkanes of at least 4 members (excludes halogenated alkanes) is 3. The van der Waals surface area contributed by atoms with Crippen LogP contribution in [0.15, 0.2) is 268 Å². The number of nitrogens with zero attached hydrogens (tertiary/aromatic N) is 2. The smallest absolute Gasteiger partial charge is 0.122 e. The third kappa shape index (κ3) is 9.62. The normalized spacial score (nSPS) is 13.4. The predicted molar refractivity (Wildman–Crippen MR) is 348 cm³/mol. The summed E-state index contributed by atoms with van der Waals surface area (Å²) in [5.74, 6) is 0.977. The highest BCUT2D eigenvalue weighted by Crippen LogP contribution is 2.56. The molecular formula is C79H66N2O. The van der Waals surface area contributed by atoms with Gasteiger partial charge in [0.1, 0.15) is 5.75 Å². The summed E-state index contributed by atoms with van der Waals surface area (Å²) < 4.78 is 8.89. The first-order chi connectivity index (χ1) is 40.4. The number of hydrogen-bond acceptors (Lipinski definition) is 2. The van der Waals surface area contributed by atoms with E-state index in [2.05, 4.69) is 291 Å². The van der Waals surface area contributed by atoms with Gasteiger partial charge in [0.05, 0.1) is 17.6 Å². The van der Waals surface area contributed by atoms with Gasteiger partial charge in [-0.25, -0.2) is 0 Å². The van der Waals surface area contributed by atoms with E-state index in [1.165, 1.54) is 94.1 Å². The van der Waals surface area contributed by atoms with Crippen LogP contribution < -0.4 is 9.64 Å². The van der Waals surface area contributed by atoms with E-state index in [9.17, 15) is 0 Å². The van der Waals surface area contributed by atoms with Crippen LogP contribution in [-0.2, 0) is 5.41 Å². The van der Waals surface area contributed by atoms with E-state index in [1.807, 2.05) is 12.2 Å². The molecular weight excluding hydrogens is 993 g/mol. The van der Waals surface area contributed by atoms with Crippen molar-refractivity contribution in [3.63, 3.8) is 0 Å². The van der Waals surface area contributed by atoms with Crippen LogP contribution in [0.3, 0.4) is 0 Å². The second-order valence-electron chi connectivity index (χ2n) is 22.0. The molecule has 0 saturated heterocycles. The summed E-state index contributed by atoms with van der Waals surface area (Å²) in [6, 6.07) is 93.9. The van der Waals surface area contributed by atoms with E-state index < -0.39 is 0 Å². The maximum atomic E-state index is 6.49. The lowest BCUT2D eigenvalue weighted by atomic mass is 9.69. The molecule has 13 rings (SSSR count). The van der Waals surface area contributed by atoms with Gasteiger partial charge in [-0.1, -0.05) is 214 Å². The quantitative estimate of drug-likeness (QED) is 0.0797. The van der Waals surface area contributed by atoms with Crippen molar-refractivity contribution in [2.75, 3.05) is 11.5 Å². The minimum absolute atomic E-state index is 0.326. The zero-order valence-corrected chi connectivity index (χ0v) is 46.9. The number of benzene rings is 11. The van der Waals surface area contributed by atoms with Crippen molar-refractivity contribution < 1.29 is 4.74 Å². The molecule has 0 saturated carbocycles. The minimum Gasteiger partial charge on any atom is -0.493 e.